The molecule has 0 aliphatic carbocycles. The summed E-state index contributed by atoms with van der Waals surface area (Å²) in [6.45, 7) is 16.8. The largest absolute Gasteiger partial charge is 0.377 e. The van der Waals surface area contributed by atoms with Crippen LogP contribution >= 0.6 is 0 Å². The standard InChI is InChI=1S/C49H73N3O13/c53-49(43-1-7-46(8-2-43)50-13-19-54-25-31-60-37-38-61-32-26-55-20-14-50,44-3-9-47(10-4-44)51-15-21-56-27-33-62-39-40-63-34-28-57-22-16-51)45-5-11-48(12-6-45)52-17-23-58-29-35-64-41-42-65-36-30-59-24-18-52/h1-12,53H,13-42H2. The third kappa shape index (κ3) is 17.9. The van der Waals surface area contributed by atoms with E-state index in [9.17, 15) is 5.11 Å². The lowest BCUT2D eigenvalue weighted by atomic mass is 9.80. The normalized spacial score (nSPS) is 21.1. The fourth-order valence-electron chi connectivity index (χ4n) is 7.68. The van der Waals surface area contributed by atoms with Crippen molar-refractivity contribution in [2.75, 3.05) is 213 Å². The van der Waals surface area contributed by atoms with Gasteiger partial charge in [0.15, 0.2) is 0 Å². The summed E-state index contributed by atoms with van der Waals surface area (Å²) in [6.07, 6.45) is 0. The van der Waals surface area contributed by atoms with Crippen LogP contribution in [0.1, 0.15) is 16.7 Å². The van der Waals surface area contributed by atoms with Crippen LogP contribution < -0.4 is 14.7 Å². The van der Waals surface area contributed by atoms with E-state index in [0.717, 1.165) is 33.8 Å². The molecule has 3 aliphatic rings. The van der Waals surface area contributed by atoms with Gasteiger partial charge in [-0.15, -0.1) is 0 Å². The minimum absolute atomic E-state index is 0.516. The number of nitrogens with zero attached hydrogens (tertiary/aromatic N) is 3. The minimum atomic E-state index is -1.49. The maximum absolute atomic E-state index is 13.2. The molecule has 65 heavy (non-hydrogen) atoms. The molecule has 0 amide bonds. The average Bonchev–Trinajstić information content (AvgIpc) is 3.37. The molecule has 6 rings (SSSR count). The van der Waals surface area contributed by atoms with Crippen LogP contribution in [0.5, 0.6) is 0 Å². The Bertz CT molecular complexity index is 1420. The van der Waals surface area contributed by atoms with Crippen molar-refractivity contribution >= 4 is 17.1 Å². The monoisotopic (exact) mass is 912 g/mol. The van der Waals surface area contributed by atoms with Crippen molar-refractivity contribution in [2.24, 2.45) is 0 Å². The molecule has 0 saturated carbocycles. The topological polar surface area (TPSA) is 141 Å². The minimum Gasteiger partial charge on any atom is -0.377 e. The number of hydrogen-bond donors (Lipinski definition) is 1. The zero-order chi connectivity index (χ0) is 44.9. The predicted octanol–water partition coefficient (Wildman–Crippen LogP) is 3.63. The van der Waals surface area contributed by atoms with Crippen molar-refractivity contribution in [3.63, 3.8) is 0 Å². The molecule has 362 valence electrons. The lowest BCUT2D eigenvalue weighted by Crippen LogP contribution is -2.33. The molecule has 0 spiro atoms. The molecule has 3 saturated heterocycles. The Balaban J connectivity index is 1.25. The highest BCUT2D eigenvalue weighted by atomic mass is 16.6. The van der Waals surface area contributed by atoms with Gasteiger partial charge in [0.1, 0.15) is 5.60 Å². The summed E-state index contributed by atoms with van der Waals surface area (Å²) in [5, 5.41) is 13.2. The number of ether oxygens (including phenoxy) is 12. The van der Waals surface area contributed by atoms with Crippen LogP contribution in [-0.4, -0.2) is 203 Å². The third-order valence-electron chi connectivity index (χ3n) is 11.3. The first kappa shape index (κ1) is 50.9. The third-order valence-corrected chi connectivity index (χ3v) is 11.3. The summed E-state index contributed by atoms with van der Waals surface area (Å²) in [4.78, 5) is 6.75. The van der Waals surface area contributed by atoms with E-state index in [-0.39, 0.29) is 0 Å². The first-order valence-electron chi connectivity index (χ1n) is 23.4. The summed E-state index contributed by atoms with van der Waals surface area (Å²) in [7, 11) is 0. The molecule has 3 fully saturated rings. The highest BCUT2D eigenvalue weighted by molar-refractivity contribution is 5.58. The molecule has 3 aromatic carbocycles. The summed E-state index contributed by atoms with van der Waals surface area (Å²) in [5.74, 6) is 0. The highest BCUT2D eigenvalue weighted by Crippen LogP contribution is 2.39. The Morgan fingerprint density at radius 3 is 0.569 bits per heavy atom. The van der Waals surface area contributed by atoms with Gasteiger partial charge in [-0.25, -0.2) is 0 Å². The van der Waals surface area contributed by atoms with Crippen molar-refractivity contribution in [1.82, 2.24) is 0 Å². The van der Waals surface area contributed by atoms with Gasteiger partial charge in [-0.3, -0.25) is 0 Å². The van der Waals surface area contributed by atoms with Crippen LogP contribution in [0.25, 0.3) is 0 Å². The second-order valence-electron chi connectivity index (χ2n) is 15.7. The van der Waals surface area contributed by atoms with E-state index in [2.05, 4.69) is 51.1 Å². The van der Waals surface area contributed by atoms with Gasteiger partial charge in [-0.2, -0.15) is 0 Å². The number of hydrogen-bond acceptors (Lipinski definition) is 16. The van der Waals surface area contributed by atoms with Crippen LogP contribution in [0.2, 0.25) is 0 Å². The van der Waals surface area contributed by atoms with Gasteiger partial charge < -0.3 is 76.6 Å². The van der Waals surface area contributed by atoms with E-state index in [1.165, 1.54) is 0 Å². The fraction of sp³-hybridized carbons (Fsp3) is 0.633. The maximum atomic E-state index is 13.2. The fourth-order valence-corrected chi connectivity index (χ4v) is 7.68. The van der Waals surface area contributed by atoms with Crippen molar-refractivity contribution in [2.45, 2.75) is 5.60 Å². The SMILES string of the molecule is OC(c1ccc(N2CCOCCOCCOCCOCC2)cc1)(c1ccc(N2CCOCCOCCOCCOCC2)cc1)c1ccc(N2CCOCCOCCOCCOCC2)cc1. The Kier molecular flexibility index (Phi) is 24.1. The molecule has 0 radical (unpaired) electrons. The van der Waals surface area contributed by atoms with E-state index in [4.69, 9.17) is 56.8 Å². The Morgan fingerprint density at radius 1 is 0.246 bits per heavy atom. The smallest absolute Gasteiger partial charge is 0.140 e. The lowest BCUT2D eigenvalue weighted by Gasteiger charge is -2.33. The van der Waals surface area contributed by atoms with E-state index in [1.807, 2.05) is 36.4 Å². The second-order valence-corrected chi connectivity index (χ2v) is 15.7. The summed E-state index contributed by atoms with van der Waals surface area (Å²) in [6, 6.07) is 24.5. The second kappa shape index (κ2) is 30.8. The summed E-state index contributed by atoms with van der Waals surface area (Å²) in [5.41, 5.74) is 3.74. The number of anilines is 3. The van der Waals surface area contributed by atoms with Gasteiger partial charge in [0.25, 0.3) is 0 Å². The Hall–Kier alpha value is -3.46. The molecule has 3 aromatic rings. The molecule has 0 bridgehead atoms. The number of benzene rings is 3. The number of aliphatic hydroxyl groups is 1. The highest BCUT2D eigenvalue weighted by Gasteiger charge is 2.34. The van der Waals surface area contributed by atoms with Gasteiger partial charge in [0.2, 0.25) is 0 Å². The molecular weight excluding hydrogens is 839 g/mol. The molecular formula is C49H73N3O13. The number of rotatable bonds is 6. The zero-order valence-electron chi connectivity index (χ0n) is 38.3. The van der Waals surface area contributed by atoms with Crippen molar-refractivity contribution in [3.8, 4) is 0 Å². The van der Waals surface area contributed by atoms with Gasteiger partial charge in [0, 0.05) is 56.3 Å². The molecule has 0 unspecified atom stereocenters. The van der Waals surface area contributed by atoms with E-state index < -0.39 is 5.60 Å². The van der Waals surface area contributed by atoms with Crippen LogP contribution in [0, 0.1) is 0 Å². The van der Waals surface area contributed by atoms with E-state index >= 15 is 0 Å². The van der Waals surface area contributed by atoms with Gasteiger partial charge in [0.05, 0.1) is 159 Å². The quantitative estimate of drug-likeness (QED) is 0.360. The molecule has 3 aliphatic heterocycles. The average molecular weight is 912 g/mol. The Morgan fingerprint density at radius 2 is 0.400 bits per heavy atom. The van der Waals surface area contributed by atoms with Crippen molar-refractivity contribution < 1.29 is 61.9 Å². The van der Waals surface area contributed by atoms with E-state index in [0.29, 0.717) is 198 Å². The van der Waals surface area contributed by atoms with Crippen LogP contribution in [-0.2, 0) is 62.4 Å². The van der Waals surface area contributed by atoms with Gasteiger partial charge in [-0.05, 0) is 53.1 Å². The molecule has 0 aromatic heterocycles. The molecule has 16 nitrogen and oxygen atoms in total. The lowest BCUT2D eigenvalue weighted by molar-refractivity contribution is 0.00206. The summed E-state index contributed by atoms with van der Waals surface area (Å²) < 4.78 is 69.2. The van der Waals surface area contributed by atoms with E-state index in [1.54, 1.807) is 0 Å². The molecule has 1 N–H and O–H groups in total. The van der Waals surface area contributed by atoms with Crippen LogP contribution in [0.15, 0.2) is 72.8 Å². The maximum Gasteiger partial charge on any atom is 0.140 e. The molecule has 3 heterocycles. The van der Waals surface area contributed by atoms with Crippen molar-refractivity contribution in [1.29, 1.82) is 0 Å². The van der Waals surface area contributed by atoms with Gasteiger partial charge >= 0.3 is 0 Å². The molecule has 16 heteroatoms. The first-order chi connectivity index (χ1) is 32.2. The summed E-state index contributed by atoms with van der Waals surface area (Å²) >= 11 is 0. The first-order valence-corrected chi connectivity index (χ1v) is 23.4. The van der Waals surface area contributed by atoms with Crippen LogP contribution in [0.4, 0.5) is 17.1 Å². The van der Waals surface area contributed by atoms with Crippen LogP contribution in [0.3, 0.4) is 0 Å². The Labute approximate surface area is 385 Å². The van der Waals surface area contributed by atoms with Crippen molar-refractivity contribution in [3.05, 3.63) is 89.5 Å². The predicted molar refractivity (Wildman–Crippen MR) is 248 cm³/mol. The zero-order valence-corrected chi connectivity index (χ0v) is 38.3. The molecule has 0 atom stereocenters. The van der Waals surface area contributed by atoms with Gasteiger partial charge in [-0.1, -0.05) is 36.4 Å².